The van der Waals surface area contributed by atoms with Gasteiger partial charge in [-0.05, 0) is 64.3 Å². The highest BCUT2D eigenvalue weighted by atomic mass is 79.9. The van der Waals surface area contributed by atoms with Crippen molar-refractivity contribution in [2.24, 2.45) is 5.92 Å². The summed E-state index contributed by atoms with van der Waals surface area (Å²) < 4.78 is 1.95. The van der Waals surface area contributed by atoms with E-state index in [1.54, 1.807) is 0 Å². The zero-order valence-corrected chi connectivity index (χ0v) is 21.3. The van der Waals surface area contributed by atoms with Gasteiger partial charge >= 0.3 is 0 Å². The Morgan fingerprint density at radius 2 is 1.79 bits per heavy atom. The lowest BCUT2D eigenvalue weighted by Crippen LogP contribution is -2.50. The van der Waals surface area contributed by atoms with Crippen LogP contribution in [-0.2, 0) is 0 Å². The number of benzene rings is 3. The first-order valence-electron chi connectivity index (χ1n) is 10.7. The number of hydrogen-bond donors (Lipinski definition) is 1. The second-order valence-electron chi connectivity index (χ2n) is 8.12. The molecule has 3 atom stereocenters. The SMILES string of the molecule is CC[C@@H]1[C@@H](C)[C@H](Nc2ccc(Br)cc2Br)c2ccccc2N1C(=O)c1ccc([N+](=O)[O-])cc1. The summed E-state index contributed by atoms with van der Waals surface area (Å²) in [5.41, 5.74) is 3.28. The fraction of sp³-hybridized carbons (Fsp3) is 0.240. The highest BCUT2D eigenvalue weighted by molar-refractivity contribution is 9.11. The number of carbonyl (C=O) groups is 1. The second kappa shape index (κ2) is 9.65. The Morgan fingerprint density at radius 3 is 2.42 bits per heavy atom. The molecule has 170 valence electrons. The first-order valence-corrected chi connectivity index (χ1v) is 12.3. The van der Waals surface area contributed by atoms with E-state index in [9.17, 15) is 14.9 Å². The van der Waals surface area contributed by atoms with Gasteiger partial charge in [-0.25, -0.2) is 0 Å². The van der Waals surface area contributed by atoms with Crippen molar-refractivity contribution in [1.82, 2.24) is 0 Å². The molecule has 0 saturated heterocycles. The fourth-order valence-electron chi connectivity index (χ4n) is 4.55. The Balaban J connectivity index is 1.74. The molecule has 1 heterocycles. The largest absolute Gasteiger partial charge is 0.377 e. The van der Waals surface area contributed by atoms with Crippen LogP contribution in [-0.4, -0.2) is 16.9 Å². The van der Waals surface area contributed by atoms with Crippen molar-refractivity contribution < 1.29 is 9.72 Å². The van der Waals surface area contributed by atoms with E-state index in [2.05, 4.69) is 57.1 Å². The molecule has 3 aromatic rings. The van der Waals surface area contributed by atoms with E-state index >= 15 is 0 Å². The van der Waals surface area contributed by atoms with Crippen molar-refractivity contribution in [2.75, 3.05) is 10.2 Å². The Kier molecular flexibility index (Phi) is 6.86. The summed E-state index contributed by atoms with van der Waals surface area (Å²) in [6, 6.07) is 19.7. The average Bonchev–Trinajstić information content (AvgIpc) is 2.81. The Morgan fingerprint density at radius 1 is 1.09 bits per heavy atom. The van der Waals surface area contributed by atoms with E-state index in [0.717, 1.165) is 32.3 Å². The predicted octanol–water partition coefficient (Wildman–Crippen LogP) is 7.35. The molecule has 0 fully saturated rings. The topological polar surface area (TPSA) is 75.5 Å². The Bertz CT molecular complexity index is 1200. The van der Waals surface area contributed by atoms with Gasteiger partial charge in [-0.2, -0.15) is 0 Å². The van der Waals surface area contributed by atoms with E-state index in [-0.39, 0.29) is 29.6 Å². The molecule has 0 radical (unpaired) electrons. The lowest BCUT2D eigenvalue weighted by molar-refractivity contribution is -0.384. The zero-order valence-electron chi connectivity index (χ0n) is 18.2. The van der Waals surface area contributed by atoms with Crippen molar-refractivity contribution in [3.05, 3.63) is 96.9 Å². The number of nitrogens with zero attached hydrogens (tertiary/aromatic N) is 2. The van der Waals surface area contributed by atoms with E-state index in [0.29, 0.717) is 5.56 Å². The van der Waals surface area contributed by atoms with Gasteiger partial charge in [-0.1, -0.05) is 48.0 Å². The summed E-state index contributed by atoms with van der Waals surface area (Å²) in [5, 5.41) is 14.7. The molecule has 3 aromatic carbocycles. The average molecular weight is 573 g/mol. The van der Waals surface area contributed by atoms with Crippen LogP contribution >= 0.6 is 31.9 Å². The molecule has 0 saturated carbocycles. The maximum Gasteiger partial charge on any atom is 0.269 e. The third-order valence-corrected chi connectivity index (χ3v) is 7.35. The maximum atomic E-state index is 13.6. The molecular formula is C25H23Br2N3O3. The van der Waals surface area contributed by atoms with Gasteiger partial charge in [0.15, 0.2) is 0 Å². The number of nitrogens with one attached hydrogen (secondary N) is 1. The normalized spacial score (nSPS) is 19.6. The number of para-hydroxylation sites is 1. The lowest BCUT2D eigenvalue weighted by atomic mass is 9.80. The van der Waals surface area contributed by atoms with E-state index in [4.69, 9.17) is 0 Å². The monoisotopic (exact) mass is 571 g/mol. The number of fused-ring (bicyclic) bond motifs is 1. The highest BCUT2D eigenvalue weighted by Crippen LogP contribution is 2.44. The summed E-state index contributed by atoms with van der Waals surface area (Å²) >= 11 is 7.14. The maximum absolute atomic E-state index is 13.6. The van der Waals surface area contributed by atoms with Crippen LogP contribution in [0.1, 0.15) is 42.2 Å². The van der Waals surface area contributed by atoms with E-state index < -0.39 is 4.92 Å². The summed E-state index contributed by atoms with van der Waals surface area (Å²) in [4.78, 5) is 26.0. The minimum Gasteiger partial charge on any atom is -0.377 e. The lowest BCUT2D eigenvalue weighted by Gasteiger charge is -2.45. The first kappa shape index (κ1) is 23.4. The summed E-state index contributed by atoms with van der Waals surface area (Å²) in [5.74, 6) is -0.0400. The minimum atomic E-state index is -0.460. The van der Waals surface area contributed by atoms with E-state index in [1.807, 2.05) is 41.3 Å². The molecule has 0 aromatic heterocycles. The number of rotatable bonds is 5. The number of non-ortho nitro benzene ring substituents is 1. The van der Waals surface area contributed by atoms with Gasteiger partial charge in [-0.3, -0.25) is 14.9 Å². The van der Waals surface area contributed by atoms with Gasteiger partial charge in [0, 0.05) is 50.0 Å². The molecule has 0 unspecified atom stereocenters. The number of carbonyl (C=O) groups excluding carboxylic acids is 1. The van der Waals surface area contributed by atoms with E-state index in [1.165, 1.54) is 24.3 Å². The van der Waals surface area contributed by atoms with Crippen LogP contribution in [0.2, 0.25) is 0 Å². The summed E-state index contributed by atoms with van der Waals surface area (Å²) in [7, 11) is 0. The molecular weight excluding hydrogens is 550 g/mol. The Hall–Kier alpha value is -2.71. The van der Waals surface area contributed by atoms with Gasteiger partial charge in [0.1, 0.15) is 0 Å². The van der Waals surface area contributed by atoms with Gasteiger partial charge in [0.25, 0.3) is 11.6 Å². The van der Waals surface area contributed by atoms with Crippen LogP contribution in [0.4, 0.5) is 17.1 Å². The standard InChI is InChI=1S/C25H23Br2N3O3/c1-3-22-15(2)24(28-21-13-10-17(26)14-20(21)27)19-6-4-5-7-23(19)29(22)25(31)16-8-11-18(12-9-16)30(32)33/h4-15,22,24,28H,3H2,1-2H3/t15-,22-,24+/m1/s1. The predicted molar refractivity (Wildman–Crippen MR) is 138 cm³/mol. The van der Waals surface area contributed by atoms with Gasteiger partial charge in [0.05, 0.1) is 11.0 Å². The fourth-order valence-corrected chi connectivity index (χ4v) is 5.71. The number of halogens is 2. The van der Waals surface area contributed by atoms with Crippen molar-refractivity contribution in [3.8, 4) is 0 Å². The van der Waals surface area contributed by atoms with Crippen molar-refractivity contribution in [3.63, 3.8) is 0 Å². The second-order valence-corrected chi connectivity index (χ2v) is 9.89. The Labute approximate surface area is 209 Å². The van der Waals surface area contributed by atoms with Crippen molar-refractivity contribution >= 4 is 54.8 Å². The van der Waals surface area contributed by atoms with Crippen LogP contribution in [0.25, 0.3) is 0 Å². The highest BCUT2D eigenvalue weighted by Gasteiger charge is 2.40. The number of hydrogen-bond acceptors (Lipinski definition) is 4. The molecule has 1 amide bonds. The van der Waals surface area contributed by atoms with Crippen molar-refractivity contribution in [2.45, 2.75) is 32.4 Å². The van der Waals surface area contributed by atoms with Crippen molar-refractivity contribution in [1.29, 1.82) is 0 Å². The number of nitro groups is 1. The quantitative estimate of drug-likeness (QED) is 0.256. The molecule has 8 heteroatoms. The number of anilines is 2. The molecule has 1 N–H and O–H groups in total. The smallest absolute Gasteiger partial charge is 0.269 e. The molecule has 0 bridgehead atoms. The molecule has 1 aliphatic heterocycles. The molecule has 1 aliphatic rings. The molecule has 4 rings (SSSR count). The van der Waals surface area contributed by atoms with Gasteiger partial charge in [-0.15, -0.1) is 0 Å². The summed E-state index contributed by atoms with van der Waals surface area (Å²) in [6.07, 6.45) is 0.772. The van der Waals surface area contributed by atoms with Crippen LogP contribution < -0.4 is 10.2 Å². The van der Waals surface area contributed by atoms with Crippen LogP contribution in [0.15, 0.2) is 75.7 Å². The molecule has 0 spiro atoms. The molecule has 6 nitrogen and oxygen atoms in total. The first-order chi connectivity index (χ1) is 15.8. The third kappa shape index (κ3) is 4.54. The van der Waals surface area contributed by atoms with Gasteiger partial charge in [0.2, 0.25) is 0 Å². The summed E-state index contributed by atoms with van der Waals surface area (Å²) in [6.45, 7) is 4.24. The third-order valence-electron chi connectivity index (χ3n) is 6.20. The number of amides is 1. The molecule has 33 heavy (non-hydrogen) atoms. The zero-order chi connectivity index (χ0) is 23.7. The minimum absolute atomic E-state index is 0.00420. The van der Waals surface area contributed by atoms with Crippen LogP contribution in [0, 0.1) is 16.0 Å². The van der Waals surface area contributed by atoms with Gasteiger partial charge < -0.3 is 10.2 Å². The number of nitro benzene ring substituents is 1. The van der Waals surface area contributed by atoms with Crippen LogP contribution in [0.5, 0.6) is 0 Å². The molecule has 0 aliphatic carbocycles. The van der Waals surface area contributed by atoms with Crippen LogP contribution in [0.3, 0.4) is 0 Å².